The zero-order valence-electron chi connectivity index (χ0n) is 17.1. The van der Waals surface area contributed by atoms with Crippen LogP contribution in [0.4, 0.5) is 0 Å². The highest BCUT2D eigenvalue weighted by Crippen LogP contribution is 2.36. The lowest BCUT2D eigenvalue weighted by atomic mass is 10.1. The third kappa shape index (κ3) is 7.09. The molecule has 0 bridgehead atoms. The van der Waals surface area contributed by atoms with Gasteiger partial charge in [0.1, 0.15) is 0 Å². The maximum atomic E-state index is 12.2. The molecule has 0 aliphatic carbocycles. The van der Waals surface area contributed by atoms with E-state index in [1.807, 2.05) is 43.0 Å². The van der Waals surface area contributed by atoms with Crippen LogP contribution in [0.1, 0.15) is 62.9 Å². The second-order valence-corrected chi connectivity index (χ2v) is 9.11. The summed E-state index contributed by atoms with van der Waals surface area (Å²) in [6, 6.07) is 7.90. The molecule has 150 valence electrons. The minimum absolute atomic E-state index is 0.0169. The van der Waals surface area contributed by atoms with Crippen molar-refractivity contribution in [1.29, 1.82) is 0 Å². The highest BCUT2D eigenvalue weighted by molar-refractivity contribution is 8.00. The number of nitrogens with zero attached hydrogens (tertiary/aromatic N) is 1. The Labute approximate surface area is 168 Å². The Bertz CT molecular complexity index is 624. The van der Waals surface area contributed by atoms with E-state index in [1.54, 1.807) is 0 Å². The van der Waals surface area contributed by atoms with Gasteiger partial charge in [0.15, 0.2) is 5.96 Å². The minimum Gasteiger partial charge on any atom is -0.357 e. The molecule has 1 aromatic carbocycles. The van der Waals surface area contributed by atoms with E-state index in [0.717, 1.165) is 31.0 Å². The molecule has 1 aliphatic rings. The van der Waals surface area contributed by atoms with Gasteiger partial charge < -0.3 is 16.0 Å². The Morgan fingerprint density at radius 3 is 2.59 bits per heavy atom. The van der Waals surface area contributed by atoms with Gasteiger partial charge in [0.05, 0.1) is 6.54 Å². The van der Waals surface area contributed by atoms with E-state index >= 15 is 0 Å². The molecule has 1 fully saturated rings. The average molecular weight is 391 g/mol. The molecule has 2 atom stereocenters. The Morgan fingerprint density at radius 1 is 1.26 bits per heavy atom. The Balaban J connectivity index is 1.91. The highest BCUT2D eigenvalue weighted by Gasteiger charge is 2.29. The van der Waals surface area contributed by atoms with E-state index in [1.165, 1.54) is 18.6 Å². The maximum absolute atomic E-state index is 12.2. The summed E-state index contributed by atoms with van der Waals surface area (Å²) in [5.41, 5.74) is 1.79. The fraction of sp³-hybridized carbons (Fsp3) is 0.619. The molecule has 2 unspecified atom stereocenters. The standard InChI is InChI=1S/C21H34N4OS/c1-5-16(3)25-19(26)18-10-8-17(9-11-18)14-23-20(22-6-2)24-15-21(4)12-7-13-27-21/h8-11,16H,5-7,12-15H2,1-4H3,(H,25,26)(H2,22,23,24). The smallest absolute Gasteiger partial charge is 0.251 e. The van der Waals surface area contributed by atoms with Crippen LogP contribution in [0.2, 0.25) is 0 Å². The van der Waals surface area contributed by atoms with Gasteiger partial charge in [0.2, 0.25) is 0 Å². The fourth-order valence-corrected chi connectivity index (χ4v) is 4.17. The van der Waals surface area contributed by atoms with Crippen LogP contribution in [0.15, 0.2) is 29.3 Å². The molecule has 1 saturated heterocycles. The number of thioether (sulfide) groups is 1. The zero-order chi connectivity index (χ0) is 19.7. The van der Waals surface area contributed by atoms with E-state index in [-0.39, 0.29) is 11.9 Å². The van der Waals surface area contributed by atoms with Crippen LogP contribution in [-0.2, 0) is 6.54 Å². The minimum atomic E-state index is -0.0169. The van der Waals surface area contributed by atoms with Gasteiger partial charge in [-0.3, -0.25) is 4.79 Å². The van der Waals surface area contributed by atoms with Gasteiger partial charge in [0, 0.05) is 29.4 Å². The second kappa shape index (κ2) is 10.6. The van der Waals surface area contributed by atoms with Crippen LogP contribution in [0, 0.1) is 0 Å². The van der Waals surface area contributed by atoms with Crippen molar-refractivity contribution in [3.8, 4) is 0 Å². The molecule has 0 saturated carbocycles. The number of guanidine groups is 1. The van der Waals surface area contributed by atoms with E-state index in [4.69, 9.17) is 4.99 Å². The third-order valence-corrected chi connectivity index (χ3v) is 6.44. The van der Waals surface area contributed by atoms with Crippen LogP contribution < -0.4 is 16.0 Å². The molecule has 0 spiro atoms. The molecule has 2 rings (SSSR count). The molecular weight excluding hydrogens is 356 g/mol. The van der Waals surface area contributed by atoms with Crippen molar-refractivity contribution < 1.29 is 4.79 Å². The van der Waals surface area contributed by atoms with Crippen molar-refractivity contribution in [2.24, 2.45) is 4.99 Å². The van der Waals surface area contributed by atoms with Gasteiger partial charge in [-0.05, 0) is 63.5 Å². The second-order valence-electron chi connectivity index (χ2n) is 7.43. The Kier molecular flexibility index (Phi) is 8.48. The summed E-state index contributed by atoms with van der Waals surface area (Å²) in [5, 5.41) is 9.79. The quantitative estimate of drug-likeness (QED) is 0.469. The van der Waals surface area contributed by atoms with Crippen molar-refractivity contribution in [2.75, 3.05) is 18.8 Å². The molecule has 0 radical (unpaired) electrons. The van der Waals surface area contributed by atoms with Crippen LogP contribution in [0.25, 0.3) is 0 Å². The Morgan fingerprint density at radius 2 is 2.00 bits per heavy atom. The monoisotopic (exact) mass is 390 g/mol. The topological polar surface area (TPSA) is 65.5 Å². The summed E-state index contributed by atoms with van der Waals surface area (Å²) >= 11 is 2.05. The van der Waals surface area contributed by atoms with E-state index in [2.05, 4.69) is 36.7 Å². The number of rotatable bonds is 8. The number of carbonyl (C=O) groups excluding carboxylic acids is 1. The van der Waals surface area contributed by atoms with Crippen LogP contribution in [0.3, 0.4) is 0 Å². The normalized spacial score (nSPS) is 21.0. The van der Waals surface area contributed by atoms with E-state index in [0.29, 0.717) is 16.9 Å². The SMILES string of the molecule is CCNC(=NCc1ccc(C(=O)NC(C)CC)cc1)NCC1(C)CCCS1. The number of hydrogen-bond donors (Lipinski definition) is 3. The van der Waals surface area contributed by atoms with Gasteiger partial charge in [-0.15, -0.1) is 0 Å². The van der Waals surface area contributed by atoms with Crippen LogP contribution >= 0.6 is 11.8 Å². The molecule has 3 N–H and O–H groups in total. The molecule has 27 heavy (non-hydrogen) atoms. The van der Waals surface area contributed by atoms with Crippen LogP contribution in [0.5, 0.6) is 0 Å². The first-order chi connectivity index (χ1) is 13.0. The molecule has 0 aromatic heterocycles. The summed E-state index contributed by atoms with van der Waals surface area (Å²) in [7, 11) is 0. The summed E-state index contributed by atoms with van der Waals surface area (Å²) in [6.45, 7) is 10.8. The highest BCUT2D eigenvalue weighted by atomic mass is 32.2. The molecule has 1 aliphatic heterocycles. The van der Waals surface area contributed by atoms with E-state index in [9.17, 15) is 4.79 Å². The number of aliphatic imine (C=N–C) groups is 1. The maximum Gasteiger partial charge on any atom is 0.251 e. The van der Waals surface area contributed by atoms with Gasteiger partial charge >= 0.3 is 0 Å². The number of carbonyl (C=O) groups is 1. The number of amides is 1. The Hall–Kier alpha value is -1.69. The first-order valence-electron chi connectivity index (χ1n) is 10.0. The average Bonchev–Trinajstić information content (AvgIpc) is 3.11. The summed E-state index contributed by atoms with van der Waals surface area (Å²) in [4.78, 5) is 16.9. The molecule has 1 amide bonds. The van der Waals surface area contributed by atoms with Crippen molar-refractivity contribution in [1.82, 2.24) is 16.0 Å². The lowest BCUT2D eigenvalue weighted by molar-refractivity contribution is 0.0939. The zero-order valence-corrected chi connectivity index (χ0v) is 17.9. The van der Waals surface area contributed by atoms with E-state index < -0.39 is 0 Å². The number of nitrogens with one attached hydrogen (secondary N) is 3. The van der Waals surface area contributed by atoms with Crippen molar-refractivity contribution in [2.45, 2.75) is 64.3 Å². The van der Waals surface area contributed by atoms with Crippen LogP contribution in [-0.4, -0.2) is 41.5 Å². The predicted molar refractivity (Wildman–Crippen MR) is 117 cm³/mol. The first-order valence-corrected chi connectivity index (χ1v) is 11.0. The van der Waals surface area contributed by atoms with Crippen molar-refractivity contribution in [3.05, 3.63) is 35.4 Å². The van der Waals surface area contributed by atoms with Gasteiger partial charge in [0.25, 0.3) is 5.91 Å². The summed E-state index contributed by atoms with van der Waals surface area (Å²) < 4.78 is 0.306. The van der Waals surface area contributed by atoms with Gasteiger partial charge in [-0.25, -0.2) is 4.99 Å². The summed E-state index contributed by atoms with van der Waals surface area (Å²) in [6.07, 6.45) is 3.48. The fourth-order valence-electron chi connectivity index (χ4n) is 2.93. The number of benzene rings is 1. The largest absolute Gasteiger partial charge is 0.357 e. The third-order valence-electron chi connectivity index (χ3n) is 4.90. The van der Waals surface area contributed by atoms with Crippen molar-refractivity contribution >= 4 is 23.6 Å². The first kappa shape index (κ1) is 21.6. The molecule has 1 aromatic rings. The van der Waals surface area contributed by atoms with Gasteiger partial charge in [-0.1, -0.05) is 19.1 Å². The van der Waals surface area contributed by atoms with Gasteiger partial charge in [-0.2, -0.15) is 11.8 Å². The number of hydrogen-bond acceptors (Lipinski definition) is 3. The lowest BCUT2D eigenvalue weighted by Crippen LogP contribution is -2.43. The molecule has 6 heteroatoms. The summed E-state index contributed by atoms with van der Waals surface area (Å²) in [5.74, 6) is 2.09. The van der Waals surface area contributed by atoms with Crippen molar-refractivity contribution in [3.63, 3.8) is 0 Å². The molecule has 5 nitrogen and oxygen atoms in total. The molecular formula is C21H34N4OS. The predicted octanol–water partition coefficient (Wildman–Crippen LogP) is 3.56. The lowest BCUT2D eigenvalue weighted by Gasteiger charge is -2.24. The molecule has 1 heterocycles.